The van der Waals surface area contributed by atoms with E-state index >= 15 is 0 Å². The van der Waals surface area contributed by atoms with Crippen molar-refractivity contribution in [3.05, 3.63) is 206 Å². The molecule has 0 amide bonds. The standard InChI is InChI=1S/C58H34N6O2/c1-3-16-35(17-4-1)37-20-13-21-38(34-37)55-60-56(45-26-14-27-46-53(45)66-57(59-46)36-18-5-2-6-19-36)62-58(61-55)64-48-29-11-8-23-40(48)43-33-32-42-39-22-7-10-28-47(39)63(51(42)52(43)64)49-30-15-25-44-41-24-9-12-31-50(41)65-54(44)49/h1-34H. The molecule has 0 aliphatic carbocycles. The minimum Gasteiger partial charge on any atom is -0.454 e. The van der Waals surface area contributed by atoms with Crippen LogP contribution in [0.1, 0.15) is 0 Å². The fraction of sp³-hybridized carbons (Fsp3) is 0. The maximum absolute atomic E-state index is 6.75. The van der Waals surface area contributed by atoms with E-state index in [0.717, 1.165) is 93.5 Å². The molecular formula is C58H34N6O2. The van der Waals surface area contributed by atoms with Crippen molar-refractivity contribution >= 4 is 76.6 Å². The van der Waals surface area contributed by atoms with Crippen LogP contribution in [0, 0.1) is 0 Å². The van der Waals surface area contributed by atoms with Gasteiger partial charge in [0, 0.05) is 43.4 Å². The predicted molar refractivity (Wildman–Crippen MR) is 265 cm³/mol. The molecule has 0 unspecified atom stereocenters. The molecule has 8 heteroatoms. The van der Waals surface area contributed by atoms with E-state index in [9.17, 15) is 0 Å². The first-order chi connectivity index (χ1) is 32.7. The van der Waals surface area contributed by atoms with E-state index < -0.39 is 0 Å². The molecule has 14 rings (SSSR count). The van der Waals surface area contributed by atoms with Crippen molar-refractivity contribution in [2.75, 3.05) is 0 Å². The van der Waals surface area contributed by atoms with Crippen LogP contribution in [0.3, 0.4) is 0 Å². The lowest BCUT2D eigenvalue weighted by Crippen LogP contribution is -2.07. The summed E-state index contributed by atoms with van der Waals surface area (Å²) in [6, 6.07) is 70.9. The zero-order chi connectivity index (χ0) is 43.3. The first kappa shape index (κ1) is 36.4. The summed E-state index contributed by atoms with van der Waals surface area (Å²) in [6.45, 7) is 0. The molecule has 14 aromatic rings. The van der Waals surface area contributed by atoms with E-state index in [2.05, 4.69) is 149 Å². The van der Waals surface area contributed by atoms with E-state index in [4.69, 9.17) is 28.8 Å². The third-order valence-corrected chi connectivity index (χ3v) is 12.8. The summed E-state index contributed by atoms with van der Waals surface area (Å²) in [4.78, 5) is 21.1. The predicted octanol–water partition coefficient (Wildman–Crippen LogP) is 14.8. The second-order valence-electron chi connectivity index (χ2n) is 16.6. The van der Waals surface area contributed by atoms with E-state index in [1.54, 1.807) is 0 Å². The third-order valence-electron chi connectivity index (χ3n) is 12.8. The average Bonchev–Trinajstić information content (AvgIpc) is 4.16. The van der Waals surface area contributed by atoms with Crippen molar-refractivity contribution < 1.29 is 8.83 Å². The Morgan fingerprint density at radius 2 is 0.939 bits per heavy atom. The van der Waals surface area contributed by atoms with Gasteiger partial charge in [0.1, 0.15) is 11.1 Å². The largest absolute Gasteiger partial charge is 0.454 e. The molecule has 0 bridgehead atoms. The number of hydrogen-bond acceptors (Lipinski definition) is 6. The molecule has 66 heavy (non-hydrogen) atoms. The SMILES string of the molecule is c1ccc(-c2cccc(-c3nc(-c4cccc5nc(-c6ccccc6)oc45)nc(-n4c5ccccc5c5ccc6c7ccccc7n(-c7cccc8c7oc7ccccc78)c6c54)n3)c2)cc1. The lowest BCUT2D eigenvalue weighted by molar-refractivity contribution is 0.620. The minimum atomic E-state index is 0.465. The number of nitrogens with zero attached hydrogens (tertiary/aromatic N) is 6. The molecule has 0 atom stereocenters. The van der Waals surface area contributed by atoms with E-state index in [0.29, 0.717) is 40.2 Å². The lowest BCUT2D eigenvalue weighted by atomic mass is 10.0. The monoisotopic (exact) mass is 846 g/mol. The summed E-state index contributed by atoms with van der Waals surface area (Å²) in [5.41, 5.74) is 12.5. The van der Waals surface area contributed by atoms with Crippen LogP contribution in [-0.2, 0) is 0 Å². The molecule has 5 heterocycles. The van der Waals surface area contributed by atoms with Crippen molar-refractivity contribution in [2.45, 2.75) is 0 Å². The van der Waals surface area contributed by atoms with Gasteiger partial charge in [0.05, 0.1) is 33.3 Å². The number of oxazole rings is 1. The molecule has 0 aliphatic rings. The molecule has 0 aliphatic heterocycles. The maximum atomic E-state index is 6.75. The first-order valence-corrected chi connectivity index (χ1v) is 22.0. The number of furan rings is 1. The molecule has 0 radical (unpaired) electrons. The van der Waals surface area contributed by atoms with Crippen LogP contribution in [0.4, 0.5) is 0 Å². The zero-order valence-electron chi connectivity index (χ0n) is 35.1. The van der Waals surface area contributed by atoms with Crippen molar-refractivity contribution in [3.8, 4) is 57.0 Å². The molecular weight excluding hydrogens is 813 g/mol. The third kappa shape index (κ3) is 5.45. The van der Waals surface area contributed by atoms with Crippen LogP contribution < -0.4 is 0 Å². The van der Waals surface area contributed by atoms with Gasteiger partial charge in [0.15, 0.2) is 22.8 Å². The molecule has 0 saturated carbocycles. The van der Waals surface area contributed by atoms with E-state index in [1.165, 1.54) is 0 Å². The Labute approximate surface area is 376 Å². The Balaban J connectivity index is 1.10. The van der Waals surface area contributed by atoms with Crippen LogP contribution in [0.2, 0.25) is 0 Å². The molecule has 9 aromatic carbocycles. The zero-order valence-corrected chi connectivity index (χ0v) is 35.1. The average molecular weight is 847 g/mol. The fourth-order valence-corrected chi connectivity index (χ4v) is 9.88. The Kier molecular flexibility index (Phi) is 7.81. The van der Waals surface area contributed by atoms with Gasteiger partial charge in [-0.25, -0.2) is 9.97 Å². The Morgan fingerprint density at radius 3 is 1.73 bits per heavy atom. The molecule has 0 fully saturated rings. The van der Waals surface area contributed by atoms with Crippen LogP contribution in [-0.4, -0.2) is 29.1 Å². The number of rotatable bonds is 6. The molecule has 0 spiro atoms. The minimum absolute atomic E-state index is 0.465. The van der Waals surface area contributed by atoms with Gasteiger partial charge >= 0.3 is 0 Å². The summed E-state index contributed by atoms with van der Waals surface area (Å²) in [6.07, 6.45) is 0. The Bertz CT molecular complexity index is 4240. The van der Waals surface area contributed by atoms with Gasteiger partial charge in [-0.15, -0.1) is 0 Å². The van der Waals surface area contributed by atoms with Crippen molar-refractivity contribution in [1.82, 2.24) is 29.1 Å². The van der Waals surface area contributed by atoms with Crippen LogP contribution in [0.15, 0.2) is 215 Å². The number of fused-ring (bicyclic) bond motifs is 11. The summed E-state index contributed by atoms with van der Waals surface area (Å²) in [7, 11) is 0. The number of para-hydroxylation sites is 5. The molecule has 8 nitrogen and oxygen atoms in total. The van der Waals surface area contributed by atoms with Gasteiger partial charge in [-0.1, -0.05) is 152 Å². The fourth-order valence-electron chi connectivity index (χ4n) is 9.88. The number of hydrogen-bond donors (Lipinski definition) is 0. The smallest absolute Gasteiger partial charge is 0.238 e. The first-order valence-electron chi connectivity index (χ1n) is 22.0. The van der Waals surface area contributed by atoms with Gasteiger partial charge < -0.3 is 13.4 Å². The van der Waals surface area contributed by atoms with Crippen molar-refractivity contribution in [3.63, 3.8) is 0 Å². The number of aromatic nitrogens is 6. The molecule has 5 aromatic heterocycles. The summed E-state index contributed by atoms with van der Waals surface area (Å²) in [5, 5.41) is 6.50. The van der Waals surface area contributed by atoms with Crippen molar-refractivity contribution in [2.24, 2.45) is 0 Å². The van der Waals surface area contributed by atoms with Crippen LogP contribution >= 0.6 is 0 Å². The van der Waals surface area contributed by atoms with Gasteiger partial charge in [0.25, 0.3) is 0 Å². The molecule has 0 saturated heterocycles. The number of benzene rings is 9. The highest BCUT2D eigenvalue weighted by Gasteiger charge is 2.26. The second-order valence-corrected chi connectivity index (χ2v) is 16.6. The van der Waals surface area contributed by atoms with Crippen molar-refractivity contribution in [1.29, 1.82) is 0 Å². The quantitative estimate of drug-likeness (QED) is 0.166. The van der Waals surface area contributed by atoms with Crippen LogP contribution in [0.25, 0.3) is 134 Å². The summed E-state index contributed by atoms with van der Waals surface area (Å²) >= 11 is 0. The van der Waals surface area contributed by atoms with Gasteiger partial charge in [-0.3, -0.25) is 4.57 Å². The highest BCUT2D eigenvalue weighted by Crippen LogP contribution is 2.44. The second kappa shape index (κ2) is 14.2. The normalized spacial score (nSPS) is 11.9. The highest BCUT2D eigenvalue weighted by molar-refractivity contribution is 6.24. The van der Waals surface area contributed by atoms with E-state index in [1.807, 2.05) is 66.7 Å². The van der Waals surface area contributed by atoms with Gasteiger partial charge in [0.2, 0.25) is 11.8 Å². The Morgan fingerprint density at radius 1 is 0.348 bits per heavy atom. The maximum Gasteiger partial charge on any atom is 0.238 e. The highest BCUT2D eigenvalue weighted by atomic mass is 16.3. The van der Waals surface area contributed by atoms with Crippen LogP contribution in [0.5, 0.6) is 0 Å². The van der Waals surface area contributed by atoms with E-state index in [-0.39, 0.29) is 0 Å². The topological polar surface area (TPSA) is 87.7 Å². The molecule has 0 N–H and O–H groups in total. The van der Waals surface area contributed by atoms with Gasteiger partial charge in [-0.2, -0.15) is 9.97 Å². The molecule has 308 valence electrons. The Hall–Kier alpha value is -9.14. The van der Waals surface area contributed by atoms with Gasteiger partial charge in [-0.05, 0) is 65.7 Å². The summed E-state index contributed by atoms with van der Waals surface area (Å²) < 4.78 is 17.9. The summed E-state index contributed by atoms with van der Waals surface area (Å²) in [5.74, 6) is 1.99. The lowest BCUT2D eigenvalue weighted by Gasteiger charge is -2.14.